The van der Waals surface area contributed by atoms with E-state index in [4.69, 9.17) is 0 Å². The van der Waals surface area contributed by atoms with Crippen LogP contribution in [0.5, 0.6) is 0 Å². The molecule has 0 atom stereocenters. The lowest BCUT2D eigenvalue weighted by Gasteiger charge is -2.43. The fourth-order valence-corrected chi connectivity index (χ4v) is 2.48. The average Bonchev–Trinajstić information content (AvgIpc) is 2.24. The van der Waals surface area contributed by atoms with E-state index in [1.807, 2.05) is 0 Å². The third-order valence-electron chi connectivity index (χ3n) is 3.53. The minimum atomic E-state index is 0.673. The Kier molecular flexibility index (Phi) is 2.37. The van der Waals surface area contributed by atoms with Crippen LogP contribution in [0.15, 0.2) is 0 Å². The molecule has 1 spiro atoms. The van der Waals surface area contributed by atoms with Gasteiger partial charge in [-0.15, -0.1) is 0 Å². The molecule has 1 aliphatic carbocycles. The molecule has 1 saturated carbocycles. The maximum absolute atomic E-state index is 3.56. The van der Waals surface area contributed by atoms with Gasteiger partial charge >= 0.3 is 0 Å². The Bertz CT molecular complexity index is 152. The molecule has 1 N–H and O–H groups in total. The summed E-state index contributed by atoms with van der Waals surface area (Å²) in [5, 5.41) is 3.56. The molecular weight excluding hydrogens is 148 g/mol. The van der Waals surface area contributed by atoms with Crippen molar-refractivity contribution >= 4 is 0 Å². The van der Waals surface area contributed by atoms with Crippen molar-refractivity contribution < 1.29 is 0 Å². The summed E-state index contributed by atoms with van der Waals surface area (Å²) >= 11 is 0. The first-order valence-corrected chi connectivity index (χ1v) is 5.28. The van der Waals surface area contributed by atoms with Gasteiger partial charge < -0.3 is 10.2 Å². The van der Waals surface area contributed by atoms with E-state index in [0.717, 1.165) is 0 Å². The highest BCUT2D eigenvalue weighted by Gasteiger charge is 2.38. The van der Waals surface area contributed by atoms with Crippen LogP contribution in [-0.2, 0) is 0 Å². The van der Waals surface area contributed by atoms with E-state index < -0.39 is 0 Å². The number of rotatable bonds is 1. The fourth-order valence-electron chi connectivity index (χ4n) is 2.48. The monoisotopic (exact) mass is 168 g/mol. The first-order chi connectivity index (χ1) is 5.85. The summed E-state index contributed by atoms with van der Waals surface area (Å²) < 4.78 is 0. The Morgan fingerprint density at radius 2 is 2.25 bits per heavy atom. The lowest BCUT2D eigenvalue weighted by Crippen LogP contribution is -2.44. The standard InChI is InChI=1S/C10H20N2/c1-2-12-7-6-11-8-10(9-12)4-3-5-10/h11H,2-9H2,1H3. The summed E-state index contributed by atoms with van der Waals surface area (Å²) in [6, 6.07) is 0. The Labute approximate surface area is 75.3 Å². The number of nitrogens with zero attached hydrogens (tertiary/aromatic N) is 1. The van der Waals surface area contributed by atoms with Crippen molar-refractivity contribution in [1.29, 1.82) is 0 Å². The second-order valence-electron chi connectivity index (χ2n) is 4.40. The lowest BCUT2D eigenvalue weighted by molar-refractivity contribution is 0.0888. The maximum atomic E-state index is 3.56. The third-order valence-corrected chi connectivity index (χ3v) is 3.53. The van der Waals surface area contributed by atoms with Crippen LogP contribution in [0.25, 0.3) is 0 Å². The van der Waals surface area contributed by atoms with Crippen molar-refractivity contribution in [2.75, 3.05) is 32.7 Å². The quantitative estimate of drug-likeness (QED) is 0.630. The molecule has 0 bridgehead atoms. The zero-order chi connectivity index (χ0) is 8.44. The van der Waals surface area contributed by atoms with Gasteiger partial charge in [0.25, 0.3) is 0 Å². The van der Waals surface area contributed by atoms with E-state index in [-0.39, 0.29) is 0 Å². The summed E-state index contributed by atoms with van der Waals surface area (Å²) in [5.74, 6) is 0. The van der Waals surface area contributed by atoms with Crippen LogP contribution in [0.1, 0.15) is 26.2 Å². The van der Waals surface area contributed by atoms with Crippen LogP contribution in [0.3, 0.4) is 0 Å². The lowest BCUT2D eigenvalue weighted by atomic mass is 9.68. The first-order valence-electron chi connectivity index (χ1n) is 5.28. The highest BCUT2D eigenvalue weighted by molar-refractivity contribution is 4.93. The van der Waals surface area contributed by atoms with Crippen LogP contribution < -0.4 is 5.32 Å². The summed E-state index contributed by atoms with van der Waals surface area (Å²) in [7, 11) is 0. The molecule has 2 rings (SSSR count). The number of nitrogens with one attached hydrogen (secondary N) is 1. The Morgan fingerprint density at radius 3 is 2.83 bits per heavy atom. The Hall–Kier alpha value is -0.0800. The van der Waals surface area contributed by atoms with Gasteiger partial charge in [-0.25, -0.2) is 0 Å². The molecular formula is C10H20N2. The largest absolute Gasteiger partial charge is 0.315 e. The molecule has 70 valence electrons. The van der Waals surface area contributed by atoms with Gasteiger partial charge in [0, 0.05) is 26.2 Å². The summed E-state index contributed by atoms with van der Waals surface area (Å²) in [6.45, 7) is 8.55. The van der Waals surface area contributed by atoms with Gasteiger partial charge in [0.1, 0.15) is 0 Å². The van der Waals surface area contributed by atoms with Crippen molar-refractivity contribution in [3.8, 4) is 0 Å². The smallest absolute Gasteiger partial charge is 0.0107 e. The Morgan fingerprint density at radius 1 is 1.42 bits per heavy atom. The van der Waals surface area contributed by atoms with Gasteiger partial charge in [-0.05, 0) is 24.8 Å². The predicted molar refractivity (Wildman–Crippen MR) is 51.3 cm³/mol. The van der Waals surface area contributed by atoms with Gasteiger partial charge in [0.15, 0.2) is 0 Å². The van der Waals surface area contributed by atoms with E-state index in [9.17, 15) is 0 Å². The molecule has 0 aromatic carbocycles. The minimum absolute atomic E-state index is 0.673. The molecule has 0 amide bonds. The Balaban J connectivity index is 1.95. The summed E-state index contributed by atoms with van der Waals surface area (Å²) in [4.78, 5) is 2.60. The maximum Gasteiger partial charge on any atom is 0.0107 e. The summed E-state index contributed by atoms with van der Waals surface area (Å²) in [5.41, 5.74) is 0.673. The third kappa shape index (κ3) is 1.50. The molecule has 0 aromatic rings. The predicted octanol–water partition coefficient (Wildman–Crippen LogP) is 1.08. The average molecular weight is 168 g/mol. The van der Waals surface area contributed by atoms with E-state index in [2.05, 4.69) is 17.1 Å². The molecule has 1 aliphatic heterocycles. The van der Waals surface area contributed by atoms with Gasteiger partial charge in [0.2, 0.25) is 0 Å². The van der Waals surface area contributed by atoms with Crippen LogP contribution in [0.4, 0.5) is 0 Å². The van der Waals surface area contributed by atoms with Gasteiger partial charge in [-0.1, -0.05) is 13.3 Å². The van der Waals surface area contributed by atoms with Crippen LogP contribution in [0.2, 0.25) is 0 Å². The van der Waals surface area contributed by atoms with Crippen molar-refractivity contribution in [3.05, 3.63) is 0 Å². The highest BCUT2D eigenvalue weighted by Crippen LogP contribution is 2.41. The molecule has 2 heteroatoms. The number of hydrogen-bond donors (Lipinski definition) is 1. The van der Waals surface area contributed by atoms with Crippen molar-refractivity contribution in [2.24, 2.45) is 5.41 Å². The highest BCUT2D eigenvalue weighted by atomic mass is 15.2. The molecule has 1 heterocycles. The van der Waals surface area contributed by atoms with Gasteiger partial charge in [-0.2, -0.15) is 0 Å². The van der Waals surface area contributed by atoms with Gasteiger partial charge in [-0.3, -0.25) is 0 Å². The second kappa shape index (κ2) is 3.35. The first kappa shape index (κ1) is 8.52. The molecule has 2 aliphatic rings. The molecule has 12 heavy (non-hydrogen) atoms. The molecule has 1 saturated heterocycles. The number of likely N-dealkylation sites (N-methyl/N-ethyl adjacent to an activating group) is 1. The zero-order valence-electron chi connectivity index (χ0n) is 8.10. The fraction of sp³-hybridized carbons (Fsp3) is 1.00. The molecule has 0 unspecified atom stereocenters. The van der Waals surface area contributed by atoms with Crippen LogP contribution in [0, 0.1) is 5.41 Å². The SMILES string of the molecule is CCN1CCNCC2(CCC2)C1. The molecule has 0 aromatic heterocycles. The van der Waals surface area contributed by atoms with Gasteiger partial charge in [0.05, 0.1) is 0 Å². The summed E-state index contributed by atoms with van der Waals surface area (Å²) in [6.07, 6.45) is 4.37. The van der Waals surface area contributed by atoms with Crippen molar-refractivity contribution in [3.63, 3.8) is 0 Å². The van der Waals surface area contributed by atoms with E-state index >= 15 is 0 Å². The molecule has 2 fully saturated rings. The van der Waals surface area contributed by atoms with E-state index in [0.29, 0.717) is 5.41 Å². The number of hydrogen-bond acceptors (Lipinski definition) is 2. The van der Waals surface area contributed by atoms with Crippen LogP contribution in [-0.4, -0.2) is 37.6 Å². The van der Waals surface area contributed by atoms with Crippen molar-refractivity contribution in [2.45, 2.75) is 26.2 Å². The molecule has 0 radical (unpaired) electrons. The zero-order valence-corrected chi connectivity index (χ0v) is 8.10. The normalized spacial score (nSPS) is 29.8. The molecule has 2 nitrogen and oxygen atoms in total. The topological polar surface area (TPSA) is 15.3 Å². The minimum Gasteiger partial charge on any atom is -0.315 e. The second-order valence-corrected chi connectivity index (χ2v) is 4.40. The van der Waals surface area contributed by atoms with E-state index in [1.54, 1.807) is 0 Å². The van der Waals surface area contributed by atoms with E-state index in [1.165, 1.54) is 52.0 Å². The van der Waals surface area contributed by atoms with Crippen LogP contribution >= 0.6 is 0 Å². The van der Waals surface area contributed by atoms with Crippen molar-refractivity contribution in [1.82, 2.24) is 10.2 Å².